The normalized spacial score (nSPS) is 16.5. The summed E-state index contributed by atoms with van der Waals surface area (Å²) in [5, 5.41) is 3.46. The van der Waals surface area contributed by atoms with E-state index in [1.54, 1.807) is 0 Å². The van der Waals surface area contributed by atoms with Gasteiger partial charge in [0, 0.05) is 11.4 Å². The fraction of sp³-hybridized carbons (Fsp3) is 0.545. The molecule has 2 rings (SSSR count). The third kappa shape index (κ3) is 4.73. The van der Waals surface area contributed by atoms with Crippen LogP contribution in [0.2, 0.25) is 0 Å². The van der Waals surface area contributed by atoms with Gasteiger partial charge >= 0.3 is 0 Å². The predicted octanol–water partition coefficient (Wildman–Crippen LogP) is 6.03. The van der Waals surface area contributed by atoms with E-state index in [0.29, 0.717) is 0 Å². The van der Waals surface area contributed by atoms with Crippen molar-refractivity contribution >= 4 is 11.3 Å². The van der Waals surface area contributed by atoms with Gasteiger partial charge in [-0.25, -0.2) is 0 Å². The van der Waals surface area contributed by atoms with Gasteiger partial charge in [-0.1, -0.05) is 52.3 Å². The molecule has 1 aromatic carbocycles. The molecule has 0 bridgehead atoms. The van der Waals surface area contributed by atoms with Crippen molar-refractivity contribution in [3.05, 3.63) is 48.2 Å². The van der Waals surface area contributed by atoms with Crippen molar-refractivity contribution in [1.82, 2.24) is 0 Å². The number of allylic oxidation sites excluding steroid dienone is 1. The van der Waals surface area contributed by atoms with Gasteiger partial charge in [0.1, 0.15) is 0 Å². The van der Waals surface area contributed by atoms with Gasteiger partial charge in [0.15, 0.2) is 0 Å². The molecule has 3 N–H and O–H groups in total. The molecule has 0 radical (unpaired) electrons. The van der Waals surface area contributed by atoms with Crippen LogP contribution in [0.1, 0.15) is 69.9 Å². The Morgan fingerprint density at radius 1 is 1.29 bits per heavy atom. The average Bonchev–Trinajstić information content (AvgIpc) is 3.38. The maximum atomic E-state index is 6.54. The number of nitrogens with two attached hydrogens (primary N) is 1. The van der Waals surface area contributed by atoms with Crippen LogP contribution in [0.3, 0.4) is 0 Å². The standard InChI is InChI=1S/C22H34N2/c1-6-14-22(23,7-2)18(5)24-20-13-9-17(4)21(15-20)16(3)8-10-19-11-12-19/h9,13,15,19,24H,3,5-8,10-12,14,23H2,1-2,4H3/t22-/m1/s1. The molecule has 1 saturated carbocycles. The van der Waals surface area contributed by atoms with Crippen LogP contribution in [0, 0.1) is 12.8 Å². The van der Waals surface area contributed by atoms with Crippen molar-refractivity contribution in [1.29, 1.82) is 0 Å². The van der Waals surface area contributed by atoms with E-state index in [2.05, 4.69) is 57.4 Å². The summed E-state index contributed by atoms with van der Waals surface area (Å²) < 4.78 is 0. The quantitative estimate of drug-likeness (QED) is 0.551. The Kier molecular flexibility index (Phi) is 6.28. The molecule has 1 aliphatic carbocycles. The van der Waals surface area contributed by atoms with Crippen molar-refractivity contribution in [2.45, 2.75) is 71.3 Å². The first-order chi connectivity index (χ1) is 11.4. The smallest absolute Gasteiger partial charge is 0.0552 e. The SMILES string of the molecule is C=C(CCC1CC1)c1cc(NC(=C)[C@@](N)(CC)CCC)ccc1C. The van der Waals surface area contributed by atoms with E-state index in [-0.39, 0.29) is 5.54 Å². The first-order valence-corrected chi connectivity index (χ1v) is 9.43. The summed E-state index contributed by atoms with van der Waals surface area (Å²) in [5.41, 5.74) is 12.0. The summed E-state index contributed by atoms with van der Waals surface area (Å²) in [7, 11) is 0. The molecule has 2 nitrogen and oxygen atoms in total. The lowest BCUT2D eigenvalue weighted by Gasteiger charge is -2.31. The Labute approximate surface area is 148 Å². The number of hydrogen-bond donors (Lipinski definition) is 2. The van der Waals surface area contributed by atoms with Gasteiger partial charge in [0.05, 0.1) is 5.54 Å². The van der Waals surface area contributed by atoms with Gasteiger partial charge in [-0.15, -0.1) is 0 Å². The zero-order valence-electron chi connectivity index (χ0n) is 15.8. The summed E-state index contributed by atoms with van der Waals surface area (Å²) >= 11 is 0. The highest BCUT2D eigenvalue weighted by atomic mass is 15.0. The molecule has 0 unspecified atom stereocenters. The molecule has 24 heavy (non-hydrogen) atoms. The highest BCUT2D eigenvalue weighted by Crippen LogP contribution is 2.36. The Morgan fingerprint density at radius 2 is 2.00 bits per heavy atom. The minimum Gasteiger partial charge on any atom is -0.358 e. The fourth-order valence-electron chi connectivity index (χ4n) is 3.29. The van der Waals surface area contributed by atoms with Crippen molar-refractivity contribution in [2.75, 3.05) is 5.32 Å². The Morgan fingerprint density at radius 3 is 2.58 bits per heavy atom. The van der Waals surface area contributed by atoms with Gasteiger partial charge in [-0.3, -0.25) is 0 Å². The average molecular weight is 327 g/mol. The van der Waals surface area contributed by atoms with Crippen LogP contribution in [0.5, 0.6) is 0 Å². The van der Waals surface area contributed by atoms with Crippen molar-refractivity contribution in [3.8, 4) is 0 Å². The number of aryl methyl sites for hydroxylation is 1. The second-order valence-electron chi connectivity index (χ2n) is 7.48. The summed E-state index contributed by atoms with van der Waals surface area (Å²) in [6.45, 7) is 15.0. The third-order valence-electron chi connectivity index (χ3n) is 5.39. The number of nitrogens with one attached hydrogen (secondary N) is 1. The molecule has 132 valence electrons. The lowest BCUT2D eigenvalue weighted by Crippen LogP contribution is -2.43. The van der Waals surface area contributed by atoms with Crippen LogP contribution in [0.4, 0.5) is 5.69 Å². The molecule has 0 aromatic heterocycles. The molecule has 1 atom stereocenters. The maximum Gasteiger partial charge on any atom is 0.0552 e. The molecular weight excluding hydrogens is 292 g/mol. The highest BCUT2D eigenvalue weighted by Gasteiger charge is 2.25. The highest BCUT2D eigenvalue weighted by molar-refractivity contribution is 5.70. The van der Waals surface area contributed by atoms with Gasteiger partial charge in [-0.2, -0.15) is 0 Å². The lowest BCUT2D eigenvalue weighted by atomic mass is 9.88. The summed E-state index contributed by atoms with van der Waals surface area (Å²) in [4.78, 5) is 0. The van der Waals surface area contributed by atoms with Crippen molar-refractivity contribution in [3.63, 3.8) is 0 Å². The van der Waals surface area contributed by atoms with Crippen LogP contribution in [-0.2, 0) is 0 Å². The van der Waals surface area contributed by atoms with E-state index in [0.717, 1.165) is 43.0 Å². The maximum absolute atomic E-state index is 6.54. The van der Waals surface area contributed by atoms with Crippen LogP contribution in [0.15, 0.2) is 37.1 Å². The predicted molar refractivity (Wildman–Crippen MR) is 107 cm³/mol. The second kappa shape index (κ2) is 8.02. The van der Waals surface area contributed by atoms with E-state index in [1.807, 2.05) is 0 Å². The number of benzene rings is 1. The summed E-state index contributed by atoms with van der Waals surface area (Å²) in [6.07, 6.45) is 8.08. The minimum absolute atomic E-state index is 0.344. The minimum atomic E-state index is -0.344. The van der Waals surface area contributed by atoms with Gasteiger partial charge in [0.25, 0.3) is 0 Å². The molecule has 0 amide bonds. The fourth-order valence-corrected chi connectivity index (χ4v) is 3.29. The Hall–Kier alpha value is -1.54. The van der Waals surface area contributed by atoms with Crippen LogP contribution < -0.4 is 11.1 Å². The third-order valence-corrected chi connectivity index (χ3v) is 5.39. The van der Waals surface area contributed by atoms with Crippen molar-refractivity contribution in [2.24, 2.45) is 11.7 Å². The molecule has 0 saturated heterocycles. The van der Waals surface area contributed by atoms with E-state index in [9.17, 15) is 0 Å². The summed E-state index contributed by atoms with van der Waals surface area (Å²) in [6, 6.07) is 6.48. The largest absolute Gasteiger partial charge is 0.358 e. The van der Waals surface area contributed by atoms with Crippen LogP contribution in [0.25, 0.3) is 5.57 Å². The number of hydrogen-bond acceptors (Lipinski definition) is 2. The van der Waals surface area contributed by atoms with E-state index in [4.69, 9.17) is 5.73 Å². The number of rotatable bonds is 10. The van der Waals surface area contributed by atoms with Gasteiger partial charge < -0.3 is 11.1 Å². The first-order valence-electron chi connectivity index (χ1n) is 9.43. The van der Waals surface area contributed by atoms with Gasteiger partial charge in [-0.05, 0) is 67.4 Å². The molecule has 0 aliphatic heterocycles. The van der Waals surface area contributed by atoms with E-state index >= 15 is 0 Å². The zero-order valence-corrected chi connectivity index (χ0v) is 15.8. The van der Waals surface area contributed by atoms with E-state index < -0.39 is 0 Å². The molecule has 1 aromatic rings. The van der Waals surface area contributed by atoms with Crippen LogP contribution >= 0.6 is 0 Å². The Balaban J connectivity index is 2.08. The molecular formula is C22H34N2. The van der Waals surface area contributed by atoms with E-state index in [1.165, 1.54) is 36.0 Å². The topological polar surface area (TPSA) is 38.0 Å². The first kappa shape index (κ1) is 18.8. The Bertz CT molecular complexity index is 598. The zero-order chi connectivity index (χ0) is 17.7. The molecule has 0 heterocycles. The van der Waals surface area contributed by atoms with Crippen LogP contribution in [-0.4, -0.2) is 5.54 Å². The molecule has 0 spiro atoms. The molecule has 2 heteroatoms. The second-order valence-corrected chi connectivity index (χ2v) is 7.48. The lowest BCUT2D eigenvalue weighted by molar-refractivity contribution is 0.442. The van der Waals surface area contributed by atoms with Gasteiger partial charge in [0.2, 0.25) is 0 Å². The van der Waals surface area contributed by atoms with Crippen molar-refractivity contribution < 1.29 is 0 Å². The molecule has 1 aliphatic rings. The number of anilines is 1. The summed E-state index contributed by atoms with van der Waals surface area (Å²) in [5.74, 6) is 0.944. The monoisotopic (exact) mass is 326 g/mol. The molecule has 1 fully saturated rings.